The van der Waals surface area contributed by atoms with E-state index in [0.29, 0.717) is 12.8 Å². The molecule has 0 aromatic heterocycles. The van der Waals surface area contributed by atoms with E-state index in [2.05, 4.69) is 6.58 Å². The highest BCUT2D eigenvalue weighted by Gasteiger charge is 2.42. The van der Waals surface area contributed by atoms with Crippen LogP contribution >= 0.6 is 0 Å². The average Bonchev–Trinajstić information content (AvgIpc) is 2.60. The van der Waals surface area contributed by atoms with Crippen LogP contribution in [0.5, 0.6) is 0 Å². The zero-order chi connectivity index (χ0) is 14.0. The van der Waals surface area contributed by atoms with Crippen LogP contribution in [0, 0.1) is 0 Å². The predicted octanol–water partition coefficient (Wildman–Crippen LogP) is 2.80. The number of hydrogen-bond acceptors (Lipinski definition) is 3. The van der Waals surface area contributed by atoms with Crippen molar-refractivity contribution in [1.29, 1.82) is 0 Å². The lowest BCUT2D eigenvalue weighted by Gasteiger charge is -2.32. The molecular weight excluding hydrogens is 228 g/mol. The highest BCUT2D eigenvalue weighted by atomic mass is 16.5. The summed E-state index contributed by atoms with van der Waals surface area (Å²) in [6.07, 6.45) is 5.58. The van der Waals surface area contributed by atoms with Gasteiger partial charge in [0.05, 0.1) is 22.9 Å². The second-order valence-electron chi connectivity index (χ2n) is 6.69. The first-order chi connectivity index (χ1) is 8.08. The number of ether oxygens (including phenoxy) is 1. The maximum atomic E-state index is 10.5. The molecule has 106 valence electrons. The molecule has 0 radical (unpaired) electrons. The largest absolute Gasteiger partial charge is 0.390 e. The lowest BCUT2D eigenvalue weighted by molar-refractivity contribution is -0.114. The minimum absolute atomic E-state index is 0.137. The third-order valence-electron chi connectivity index (χ3n) is 3.91. The fourth-order valence-corrected chi connectivity index (χ4v) is 2.49. The van der Waals surface area contributed by atoms with Crippen molar-refractivity contribution in [3.05, 3.63) is 12.7 Å². The molecule has 0 saturated carbocycles. The first kappa shape index (κ1) is 15.7. The van der Waals surface area contributed by atoms with E-state index in [-0.39, 0.29) is 11.7 Å². The molecule has 0 aliphatic carbocycles. The van der Waals surface area contributed by atoms with Crippen LogP contribution in [0.4, 0.5) is 0 Å². The van der Waals surface area contributed by atoms with E-state index < -0.39 is 11.2 Å². The summed E-state index contributed by atoms with van der Waals surface area (Å²) in [5, 5.41) is 20.2. The molecule has 1 aliphatic rings. The van der Waals surface area contributed by atoms with E-state index in [9.17, 15) is 10.2 Å². The molecule has 18 heavy (non-hydrogen) atoms. The molecule has 3 heteroatoms. The Bertz CT molecular complexity index is 291. The van der Waals surface area contributed by atoms with Gasteiger partial charge in [-0.1, -0.05) is 6.08 Å². The van der Waals surface area contributed by atoms with Gasteiger partial charge >= 0.3 is 0 Å². The summed E-state index contributed by atoms with van der Waals surface area (Å²) in [5.41, 5.74) is -1.79. The molecule has 1 saturated heterocycles. The van der Waals surface area contributed by atoms with Gasteiger partial charge in [-0.25, -0.2) is 0 Å². The monoisotopic (exact) mass is 256 g/mol. The van der Waals surface area contributed by atoms with E-state index in [1.54, 1.807) is 13.8 Å². The van der Waals surface area contributed by atoms with Crippen molar-refractivity contribution < 1.29 is 14.9 Å². The van der Waals surface area contributed by atoms with Gasteiger partial charge in [-0.15, -0.1) is 6.58 Å². The van der Waals surface area contributed by atoms with Crippen LogP contribution < -0.4 is 0 Å². The van der Waals surface area contributed by atoms with Crippen molar-refractivity contribution in [2.24, 2.45) is 0 Å². The Labute approximate surface area is 111 Å². The fraction of sp³-hybridized carbons (Fsp3) is 0.867. The lowest BCUT2D eigenvalue weighted by Crippen LogP contribution is -2.41. The number of rotatable bonds is 6. The zero-order valence-corrected chi connectivity index (χ0v) is 12.2. The molecule has 2 N–H and O–H groups in total. The molecule has 0 aromatic rings. The summed E-state index contributed by atoms with van der Waals surface area (Å²) in [7, 11) is 0. The molecule has 0 bridgehead atoms. The van der Waals surface area contributed by atoms with E-state index >= 15 is 0 Å². The number of aliphatic hydroxyl groups is 2. The maximum Gasteiger partial charge on any atom is 0.0880 e. The van der Waals surface area contributed by atoms with Crippen molar-refractivity contribution in [3.63, 3.8) is 0 Å². The van der Waals surface area contributed by atoms with Gasteiger partial charge in [0, 0.05) is 0 Å². The summed E-state index contributed by atoms with van der Waals surface area (Å²) in [6.45, 7) is 11.2. The van der Waals surface area contributed by atoms with Crippen LogP contribution in [0.25, 0.3) is 0 Å². The van der Waals surface area contributed by atoms with E-state index in [4.69, 9.17) is 4.74 Å². The molecule has 1 fully saturated rings. The molecular formula is C15H28O3. The average molecular weight is 256 g/mol. The summed E-state index contributed by atoms with van der Waals surface area (Å²) in [4.78, 5) is 0. The van der Waals surface area contributed by atoms with Crippen LogP contribution in [-0.4, -0.2) is 33.1 Å². The Balaban J connectivity index is 2.47. The van der Waals surface area contributed by atoms with Crippen LogP contribution in [0.1, 0.15) is 59.8 Å². The summed E-state index contributed by atoms with van der Waals surface area (Å²) < 4.78 is 5.91. The van der Waals surface area contributed by atoms with Crippen LogP contribution in [-0.2, 0) is 4.74 Å². The topological polar surface area (TPSA) is 49.7 Å². The zero-order valence-electron chi connectivity index (χ0n) is 12.2. The van der Waals surface area contributed by atoms with Gasteiger partial charge in [0.1, 0.15) is 0 Å². The van der Waals surface area contributed by atoms with Crippen molar-refractivity contribution in [2.45, 2.75) is 82.7 Å². The minimum atomic E-state index is -0.827. The van der Waals surface area contributed by atoms with E-state index in [1.165, 1.54) is 0 Å². The Kier molecular flexibility index (Phi) is 4.63. The molecule has 0 amide bonds. The minimum Gasteiger partial charge on any atom is -0.390 e. The Morgan fingerprint density at radius 3 is 2.39 bits per heavy atom. The van der Waals surface area contributed by atoms with E-state index in [0.717, 1.165) is 19.3 Å². The van der Waals surface area contributed by atoms with Gasteiger partial charge in [-0.05, 0) is 59.8 Å². The van der Waals surface area contributed by atoms with Crippen molar-refractivity contribution in [3.8, 4) is 0 Å². The van der Waals surface area contributed by atoms with Crippen LogP contribution in [0.15, 0.2) is 12.7 Å². The molecule has 3 atom stereocenters. The first-order valence-corrected chi connectivity index (χ1v) is 6.84. The quantitative estimate of drug-likeness (QED) is 0.718. The Morgan fingerprint density at radius 2 is 1.94 bits per heavy atom. The van der Waals surface area contributed by atoms with Crippen LogP contribution in [0.2, 0.25) is 0 Å². The summed E-state index contributed by atoms with van der Waals surface area (Å²) in [5.74, 6) is 0. The first-order valence-electron chi connectivity index (χ1n) is 6.84. The molecule has 1 aliphatic heterocycles. The Morgan fingerprint density at radius 1 is 1.33 bits per heavy atom. The van der Waals surface area contributed by atoms with Gasteiger partial charge in [0.2, 0.25) is 0 Å². The normalized spacial score (nSPS) is 32.2. The van der Waals surface area contributed by atoms with Gasteiger partial charge in [-0.3, -0.25) is 0 Å². The SMILES string of the molecule is C=CC1(C)CCC(C(C)(O)CCCC(C)(C)O)O1. The van der Waals surface area contributed by atoms with Gasteiger partial charge < -0.3 is 14.9 Å². The molecule has 0 spiro atoms. The molecule has 0 aromatic carbocycles. The standard InChI is InChI=1S/C15H28O3/c1-6-14(4)11-8-12(18-14)15(5,17)10-7-9-13(2,3)16/h6,12,16-17H,1,7-11H2,2-5H3. The van der Waals surface area contributed by atoms with Gasteiger partial charge in [-0.2, -0.15) is 0 Å². The number of hydrogen-bond donors (Lipinski definition) is 2. The van der Waals surface area contributed by atoms with Crippen molar-refractivity contribution in [1.82, 2.24) is 0 Å². The highest BCUT2D eigenvalue weighted by Crippen LogP contribution is 2.37. The lowest BCUT2D eigenvalue weighted by atomic mass is 9.88. The van der Waals surface area contributed by atoms with Crippen LogP contribution in [0.3, 0.4) is 0 Å². The third-order valence-corrected chi connectivity index (χ3v) is 3.91. The maximum absolute atomic E-state index is 10.5. The summed E-state index contributed by atoms with van der Waals surface area (Å²) in [6, 6.07) is 0. The van der Waals surface area contributed by atoms with Gasteiger partial charge in [0.25, 0.3) is 0 Å². The molecule has 1 rings (SSSR count). The van der Waals surface area contributed by atoms with E-state index in [1.807, 2.05) is 19.9 Å². The molecule has 3 unspecified atom stereocenters. The summed E-state index contributed by atoms with van der Waals surface area (Å²) >= 11 is 0. The van der Waals surface area contributed by atoms with Gasteiger partial charge in [0.15, 0.2) is 0 Å². The highest BCUT2D eigenvalue weighted by molar-refractivity contribution is 5.02. The predicted molar refractivity (Wildman–Crippen MR) is 73.5 cm³/mol. The second kappa shape index (κ2) is 5.32. The smallest absolute Gasteiger partial charge is 0.0880 e. The fourth-order valence-electron chi connectivity index (χ4n) is 2.49. The molecule has 1 heterocycles. The Hall–Kier alpha value is -0.380. The van der Waals surface area contributed by atoms with Crippen molar-refractivity contribution >= 4 is 0 Å². The third kappa shape index (κ3) is 4.38. The molecule has 3 nitrogen and oxygen atoms in total. The second-order valence-corrected chi connectivity index (χ2v) is 6.69. The van der Waals surface area contributed by atoms with Crippen molar-refractivity contribution in [2.75, 3.05) is 0 Å².